The Morgan fingerprint density at radius 1 is 1.08 bits per heavy atom. The van der Waals surface area contributed by atoms with Crippen LogP contribution in [0.5, 0.6) is 0 Å². The van der Waals surface area contributed by atoms with Gasteiger partial charge in [0.15, 0.2) is 0 Å². The molecular formula is C16H19ClF6N2O. The molecule has 3 nitrogen and oxygen atoms in total. The number of nitrogens with zero attached hydrogens (tertiary/aromatic N) is 1. The van der Waals surface area contributed by atoms with Crippen molar-refractivity contribution in [3.05, 3.63) is 34.9 Å². The molecular weight excluding hydrogens is 386 g/mol. The molecule has 1 heterocycles. The normalized spacial score (nSPS) is 19.7. The summed E-state index contributed by atoms with van der Waals surface area (Å²) in [5.74, 6) is -0.862. The molecule has 1 aliphatic rings. The van der Waals surface area contributed by atoms with Gasteiger partial charge in [0.25, 0.3) is 5.91 Å². The number of likely N-dealkylation sites (tertiary alicyclic amines) is 1. The fraction of sp³-hybridized carbons (Fsp3) is 0.562. The first-order chi connectivity index (χ1) is 11.4. The Morgan fingerprint density at radius 2 is 1.58 bits per heavy atom. The fourth-order valence-electron chi connectivity index (χ4n) is 3.00. The summed E-state index contributed by atoms with van der Waals surface area (Å²) in [5.41, 5.74) is 2.19. The van der Waals surface area contributed by atoms with Crippen molar-refractivity contribution in [1.29, 1.82) is 0 Å². The van der Waals surface area contributed by atoms with E-state index in [9.17, 15) is 31.1 Å². The van der Waals surface area contributed by atoms with E-state index in [1.54, 1.807) is 6.92 Å². The van der Waals surface area contributed by atoms with E-state index in [1.165, 1.54) is 4.90 Å². The number of alkyl halides is 6. The first kappa shape index (κ1) is 22.6. The third-order valence-electron chi connectivity index (χ3n) is 4.25. The van der Waals surface area contributed by atoms with Crippen LogP contribution >= 0.6 is 12.4 Å². The van der Waals surface area contributed by atoms with Gasteiger partial charge in [-0.2, -0.15) is 26.3 Å². The van der Waals surface area contributed by atoms with Gasteiger partial charge in [0.1, 0.15) is 0 Å². The molecule has 1 amide bonds. The van der Waals surface area contributed by atoms with Crippen molar-refractivity contribution < 1.29 is 31.1 Å². The van der Waals surface area contributed by atoms with Gasteiger partial charge in [-0.3, -0.25) is 4.79 Å². The largest absolute Gasteiger partial charge is 0.416 e. The minimum Gasteiger partial charge on any atom is -0.334 e. The summed E-state index contributed by atoms with van der Waals surface area (Å²) in [6.07, 6.45) is -7.99. The molecule has 0 saturated carbocycles. The van der Waals surface area contributed by atoms with Crippen molar-refractivity contribution in [3.63, 3.8) is 0 Å². The SMILES string of the molecule is CC(N)C1CCCCN1C(=O)c1cc(C(F)(F)F)cc(C(F)(F)F)c1.Cl. The number of piperidine rings is 1. The second-order valence-electron chi connectivity index (χ2n) is 6.22. The van der Waals surface area contributed by atoms with Crippen molar-refractivity contribution >= 4 is 18.3 Å². The number of rotatable bonds is 2. The highest BCUT2D eigenvalue weighted by atomic mass is 35.5. The van der Waals surface area contributed by atoms with Crippen LogP contribution in [0.4, 0.5) is 26.3 Å². The molecule has 0 bridgehead atoms. The molecule has 1 fully saturated rings. The van der Waals surface area contributed by atoms with E-state index in [1.807, 2.05) is 0 Å². The molecule has 1 aromatic carbocycles. The van der Waals surface area contributed by atoms with Gasteiger partial charge < -0.3 is 10.6 Å². The first-order valence-electron chi connectivity index (χ1n) is 7.77. The van der Waals surface area contributed by atoms with Gasteiger partial charge in [-0.15, -0.1) is 12.4 Å². The average Bonchev–Trinajstić information content (AvgIpc) is 2.52. The zero-order valence-electron chi connectivity index (χ0n) is 13.8. The van der Waals surface area contributed by atoms with Crippen LogP contribution in [0.1, 0.15) is 47.7 Å². The van der Waals surface area contributed by atoms with Gasteiger partial charge in [-0.1, -0.05) is 0 Å². The van der Waals surface area contributed by atoms with Crippen LogP contribution < -0.4 is 5.73 Å². The highest BCUT2D eigenvalue weighted by Crippen LogP contribution is 2.37. The predicted molar refractivity (Wildman–Crippen MR) is 86.0 cm³/mol. The van der Waals surface area contributed by atoms with Gasteiger partial charge in [0.2, 0.25) is 0 Å². The van der Waals surface area contributed by atoms with Crippen LogP contribution in [0.25, 0.3) is 0 Å². The molecule has 0 aromatic heterocycles. The average molecular weight is 405 g/mol. The Morgan fingerprint density at radius 3 is 2.00 bits per heavy atom. The molecule has 0 aliphatic carbocycles. The fourth-order valence-corrected chi connectivity index (χ4v) is 3.00. The third-order valence-corrected chi connectivity index (χ3v) is 4.25. The summed E-state index contributed by atoms with van der Waals surface area (Å²) >= 11 is 0. The standard InChI is InChI=1S/C16H18F6N2O.ClH/c1-9(23)13-4-2-3-5-24(13)14(25)10-6-11(15(17,18)19)8-12(7-10)16(20,21)22;/h6-9,13H,2-5,23H2,1H3;1H. The van der Waals surface area contributed by atoms with Gasteiger partial charge >= 0.3 is 12.4 Å². The van der Waals surface area contributed by atoms with Crippen molar-refractivity contribution in [3.8, 4) is 0 Å². The highest BCUT2D eigenvalue weighted by molar-refractivity contribution is 5.95. The van der Waals surface area contributed by atoms with Gasteiger partial charge in [0, 0.05) is 24.2 Å². The van der Waals surface area contributed by atoms with E-state index < -0.39 is 47.0 Å². The zero-order valence-corrected chi connectivity index (χ0v) is 14.6. The molecule has 2 N–H and O–H groups in total. The molecule has 1 aromatic rings. The Hall–Kier alpha value is -1.48. The van der Waals surface area contributed by atoms with E-state index in [4.69, 9.17) is 5.73 Å². The Bertz CT molecular complexity index is 612. The molecule has 26 heavy (non-hydrogen) atoms. The lowest BCUT2D eigenvalue weighted by Crippen LogP contribution is -2.51. The molecule has 1 saturated heterocycles. The lowest BCUT2D eigenvalue weighted by molar-refractivity contribution is -0.143. The second-order valence-corrected chi connectivity index (χ2v) is 6.22. The number of nitrogens with two attached hydrogens (primary N) is 1. The van der Waals surface area contributed by atoms with Gasteiger partial charge in [-0.25, -0.2) is 0 Å². The minimum atomic E-state index is -4.99. The van der Waals surface area contributed by atoms with Crippen LogP contribution in [0, 0.1) is 0 Å². The maximum atomic E-state index is 12.9. The molecule has 2 unspecified atom stereocenters. The summed E-state index contributed by atoms with van der Waals surface area (Å²) in [6, 6.07) is 0.0903. The van der Waals surface area contributed by atoms with Crippen molar-refractivity contribution in [2.75, 3.05) is 6.54 Å². The molecule has 2 rings (SSSR count). The van der Waals surface area contributed by atoms with Crippen molar-refractivity contribution in [2.24, 2.45) is 5.73 Å². The van der Waals surface area contributed by atoms with Crippen LogP contribution in [-0.2, 0) is 12.4 Å². The van der Waals surface area contributed by atoms with E-state index in [2.05, 4.69) is 0 Å². The maximum Gasteiger partial charge on any atom is 0.416 e. The topological polar surface area (TPSA) is 46.3 Å². The number of carbonyl (C=O) groups is 1. The van der Waals surface area contributed by atoms with Crippen LogP contribution in [0.15, 0.2) is 18.2 Å². The van der Waals surface area contributed by atoms with Gasteiger partial charge in [0.05, 0.1) is 11.1 Å². The summed E-state index contributed by atoms with van der Waals surface area (Å²) in [5, 5.41) is 0. The van der Waals surface area contributed by atoms with Crippen LogP contribution in [0.3, 0.4) is 0 Å². The number of hydrogen-bond donors (Lipinski definition) is 1. The molecule has 0 radical (unpaired) electrons. The highest BCUT2D eigenvalue weighted by Gasteiger charge is 2.38. The molecule has 1 aliphatic heterocycles. The molecule has 2 atom stereocenters. The number of benzene rings is 1. The van der Waals surface area contributed by atoms with Gasteiger partial charge in [-0.05, 0) is 44.4 Å². The molecule has 0 spiro atoms. The lowest BCUT2D eigenvalue weighted by Gasteiger charge is -2.38. The molecule has 10 heteroatoms. The number of halogens is 7. The monoisotopic (exact) mass is 404 g/mol. The van der Waals surface area contributed by atoms with E-state index in [-0.39, 0.29) is 25.0 Å². The van der Waals surface area contributed by atoms with Crippen LogP contribution in [0.2, 0.25) is 0 Å². The smallest absolute Gasteiger partial charge is 0.334 e. The second kappa shape index (κ2) is 8.04. The Balaban J connectivity index is 0.00000338. The maximum absolute atomic E-state index is 12.9. The Kier molecular flexibility index (Phi) is 6.98. The third kappa shape index (κ3) is 5.03. The quantitative estimate of drug-likeness (QED) is 0.738. The van der Waals surface area contributed by atoms with E-state index >= 15 is 0 Å². The predicted octanol–water partition coefficient (Wildman–Crippen LogP) is 4.49. The summed E-state index contributed by atoms with van der Waals surface area (Å²) < 4.78 is 77.6. The minimum absolute atomic E-state index is 0. The van der Waals surface area contributed by atoms with Crippen LogP contribution in [-0.4, -0.2) is 29.4 Å². The summed E-state index contributed by atoms with van der Waals surface area (Å²) in [7, 11) is 0. The summed E-state index contributed by atoms with van der Waals surface area (Å²) in [6.45, 7) is 1.91. The molecule has 148 valence electrons. The Labute approximate surface area is 152 Å². The summed E-state index contributed by atoms with van der Waals surface area (Å²) in [4.78, 5) is 13.9. The number of hydrogen-bond acceptors (Lipinski definition) is 2. The van der Waals surface area contributed by atoms with Crippen molar-refractivity contribution in [1.82, 2.24) is 4.90 Å². The van der Waals surface area contributed by atoms with E-state index in [0.717, 1.165) is 6.42 Å². The lowest BCUT2D eigenvalue weighted by atomic mass is 9.95. The van der Waals surface area contributed by atoms with E-state index in [0.29, 0.717) is 25.0 Å². The number of amides is 1. The number of carbonyl (C=O) groups excluding carboxylic acids is 1. The first-order valence-corrected chi connectivity index (χ1v) is 7.77. The zero-order chi connectivity index (χ0) is 19.0. The van der Waals surface area contributed by atoms with Crippen molar-refractivity contribution in [2.45, 2.75) is 50.6 Å².